The van der Waals surface area contributed by atoms with E-state index in [9.17, 15) is 21.6 Å². The van der Waals surface area contributed by atoms with Crippen LogP contribution in [0.25, 0.3) is 0 Å². The number of aliphatic hydroxyl groups excluding tert-OH is 1. The molecule has 0 aliphatic heterocycles. The summed E-state index contributed by atoms with van der Waals surface area (Å²) in [6, 6.07) is 3.64. The Morgan fingerprint density at radius 3 is 2.24 bits per heavy atom. The van der Waals surface area contributed by atoms with Gasteiger partial charge in [0, 0.05) is 26.7 Å². The van der Waals surface area contributed by atoms with Gasteiger partial charge in [0.1, 0.15) is 0 Å². The van der Waals surface area contributed by atoms with Gasteiger partial charge in [-0.25, -0.2) is 12.7 Å². The second-order valence-corrected chi connectivity index (χ2v) is 10.7. The lowest BCUT2D eigenvalue weighted by Crippen LogP contribution is -2.34. The summed E-state index contributed by atoms with van der Waals surface area (Å²) in [5.74, 6) is 0.204. The van der Waals surface area contributed by atoms with E-state index >= 15 is 0 Å². The molecule has 190 valence electrons. The maximum absolute atomic E-state index is 12.7. The number of rotatable bonds is 13. The molecular formula is C23H37F3N2O4S. The minimum Gasteiger partial charge on any atom is -0.395 e. The first-order valence-electron chi connectivity index (χ1n) is 11.7. The minimum atomic E-state index is -4.50. The molecule has 0 radical (unpaired) electrons. The van der Waals surface area contributed by atoms with Gasteiger partial charge in [-0.3, -0.25) is 0 Å². The number of hydrogen-bond acceptors (Lipinski definition) is 5. The fraction of sp³-hybridized carbons (Fsp3) is 0.739. The standard InChI is InChI=1S/C23H37F3N2O4S/c1-3-28(15-16-29)14-4-5-17-32-21-10-6-19(7-11-21)18-27(2)33(30,31)22-12-8-20(9-13-22)23(24,25)26/h8-9,12-13,19,21,29H,3-7,10-11,14-18H2,1-2H3/t19-,21-. The van der Waals surface area contributed by atoms with Crippen LogP contribution < -0.4 is 0 Å². The normalized spacial score (nSPS) is 20.0. The third-order valence-corrected chi connectivity index (χ3v) is 8.12. The third kappa shape index (κ3) is 8.83. The van der Waals surface area contributed by atoms with Crippen molar-refractivity contribution in [1.29, 1.82) is 0 Å². The van der Waals surface area contributed by atoms with Gasteiger partial charge in [-0.15, -0.1) is 0 Å². The number of ether oxygens (including phenoxy) is 1. The predicted octanol–water partition coefficient (Wildman–Crippen LogP) is 4.00. The van der Waals surface area contributed by atoms with Gasteiger partial charge in [0.05, 0.1) is 23.2 Å². The van der Waals surface area contributed by atoms with Crippen molar-refractivity contribution in [3.63, 3.8) is 0 Å². The van der Waals surface area contributed by atoms with Gasteiger partial charge in [-0.1, -0.05) is 6.92 Å². The largest absolute Gasteiger partial charge is 0.416 e. The molecule has 0 aromatic heterocycles. The Morgan fingerprint density at radius 2 is 1.70 bits per heavy atom. The molecule has 1 aromatic rings. The van der Waals surface area contributed by atoms with Crippen LogP contribution in [0.1, 0.15) is 51.0 Å². The van der Waals surface area contributed by atoms with E-state index < -0.39 is 21.8 Å². The highest BCUT2D eigenvalue weighted by molar-refractivity contribution is 7.89. The van der Waals surface area contributed by atoms with Crippen molar-refractivity contribution in [3.05, 3.63) is 29.8 Å². The quantitative estimate of drug-likeness (QED) is 0.420. The number of benzene rings is 1. The van der Waals surface area contributed by atoms with Crippen LogP contribution in [0.3, 0.4) is 0 Å². The lowest BCUT2D eigenvalue weighted by Gasteiger charge is -2.31. The van der Waals surface area contributed by atoms with E-state index in [0.29, 0.717) is 19.7 Å². The minimum absolute atomic E-state index is 0.129. The average Bonchev–Trinajstić information content (AvgIpc) is 2.78. The Balaban J connectivity index is 1.72. The van der Waals surface area contributed by atoms with E-state index in [1.165, 1.54) is 11.4 Å². The predicted molar refractivity (Wildman–Crippen MR) is 121 cm³/mol. The number of likely N-dealkylation sites (N-methyl/N-ethyl adjacent to an activating group) is 1. The zero-order valence-corrected chi connectivity index (χ0v) is 20.4. The Labute approximate surface area is 195 Å². The fourth-order valence-corrected chi connectivity index (χ4v) is 5.44. The number of alkyl halides is 3. The fourth-order valence-electron chi connectivity index (χ4n) is 4.20. The number of aliphatic hydroxyl groups is 1. The molecule has 1 aliphatic carbocycles. The van der Waals surface area contributed by atoms with E-state index in [1.807, 2.05) is 0 Å². The zero-order chi connectivity index (χ0) is 24.5. The van der Waals surface area contributed by atoms with Crippen molar-refractivity contribution in [3.8, 4) is 0 Å². The molecule has 1 aliphatic rings. The van der Waals surface area contributed by atoms with E-state index in [4.69, 9.17) is 9.84 Å². The summed E-state index contributed by atoms with van der Waals surface area (Å²) < 4.78 is 70.9. The lowest BCUT2D eigenvalue weighted by atomic mass is 9.87. The van der Waals surface area contributed by atoms with E-state index in [0.717, 1.165) is 75.9 Å². The van der Waals surface area contributed by atoms with Gasteiger partial charge in [0.25, 0.3) is 0 Å². The van der Waals surface area contributed by atoms with Gasteiger partial charge >= 0.3 is 6.18 Å². The second-order valence-electron chi connectivity index (χ2n) is 8.69. The van der Waals surface area contributed by atoms with Gasteiger partial charge in [0.2, 0.25) is 10.0 Å². The molecule has 1 N–H and O–H groups in total. The molecule has 0 heterocycles. The number of hydrogen-bond donors (Lipinski definition) is 1. The summed E-state index contributed by atoms with van der Waals surface area (Å²) in [7, 11) is -2.35. The van der Waals surface area contributed by atoms with Crippen LogP contribution in [-0.2, 0) is 20.9 Å². The molecule has 0 bridgehead atoms. The van der Waals surface area contributed by atoms with Gasteiger partial charge in [0.15, 0.2) is 0 Å². The first-order valence-corrected chi connectivity index (χ1v) is 13.1. The molecule has 1 fully saturated rings. The van der Waals surface area contributed by atoms with Crippen LogP contribution in [0.5, 0.6) is 0 Å². The number of unbranched alkanes of at least 4 members (excludes halogenated alkanes) is 1. The molecule has 0 unspecified atom stereocenters. The van der Waals surface area contributed by atoms with Crippen LogP contribution in [0.15, 0.2) is 29.2 Å². The van der Waals surface area contributed by atoms with Gasteiger partial charge < -0.3 is 14.7 Å². The molecule has 0 spiro atoms. The molecule has 0 atom stereocenters. The smallest absolute Gasteiger partial charge is 0.395 e. The molecular weight excluding hydrogens is 457 g/mol. The Bertz CT molecular complexity index is 795. The van der Waals surface area contributed by atoms with E-state index in [-0.39, 0.29) is 23.5 Å². The first-order chi connectivity index (χ1) is 15.6. The van der Waals surface area contributed by atoms with E-state index in [1.54, 1.807) is 0 Å². The van der Waals surface area contributed by atoms with Crippen LogP contribution in [0.4, 0.5) is 13.2 Å². The van der Waals surface area contributed by atoms with Crippen LogP contribution in [0, 0.1) is 5.92 Å². The summed E-state index contributed by atoms with van der Waals surface area (Å²) in [5, 5.41) is 9.02. The monoisotopic (exact) mass is 494 g/mol. The van der Waals surface area contributed by atoms with Crippen molar-refractivity contribution in [2.24, 2.45) is 5.92 Å². The van der Waals surface area contributed by atoms with Crippen molar-refractivity contribution >= 4 is 10.0 Å². The molecule has 33 heavy (non-hydrogen) atoms. The first kappa shape index (κ1) is 28.0. The average molecular weight is 495 g/mol. The van der Waals surface area contributed by atoms with Crippen LogP contribution >= 0.6 is 0 Å². The summed E-state index contributed by atoms with van der Waals surface area (Å²) in [6.07, 6.45) is 1.17. The molecule has 10 heteroatoms. The summed E-state index contributed by atoms with van der Waals surface area (Å²) in [5.41, 5.74) is -0.865. The summed E-state index contributed by atoms with van der Waals surface area (Å²) >= 11 is 0. The van der Waals surface area contributed by atoms with Crippen molar-refractivity contribution in [1.82, 2.24) is 9.21 Å². The SMILES string of the molecule is CCN(CCO)CCCCO[C@H]1CC[C@H](CN(C)S(=O)(=O)c2ccc(C(F)(F)F)cc2)CC1. The van der Waals surface area contributed by atoms with Crippen LogP contribution in [-0.4, -0.2) is 75.3 Å². The van der Waals surface area contributed by atoms with Gasteiger partial charge in [-0.05, 0) is 81.8 Å². The topological polar surface area (TPSA) is 70.1 Å². The number of halogens is 3. The van der Waals surface area contributed by atoms with Crippen molar-refractivity contribution in [2.75, 3.05) is 46.4 Å². The molecule has 1 aromatic carbocycles. The molecule has 6 nitrogen and oxygen atoms in total. The summed E-state index contributed by atoms with van der Waals surface area (Å²) in [4.78, 5) is 2.08. The molecule has 0 saturated heterocycles. The maximum atomic E-state index is 12.7. The van der Waals surface area contributed by atoms with E-state index in [2.05, 4.69) is 11.8 Å². The van der Waals surface area contributed by atoms with Crippen LogP contribution in [0.2, 0.25) is 0 Å². The second kappa shape index (κ2) is 13.0. The zero-order valence-electron chi connectivity index (χ0n) is 19.6. The third-order valence-electron chi connectivity index (χ3n) is 6.28. The lowest BCUT2D eigenvalue weighted by molar-refractivity contribution is -0.137. The maximum Gasteiger partial charge on any atom is 0.416 e. The number of sulfonamides is 1. The van der Waals surface area contributed by atoms with Crippen molar-refractivity contribution in [2.45, 2.75) is 62.6 Å². The Morgan fingerprint density at radius 1 is 1.06 bits per heavy atom. The molecule has 0 amide bonds. The Hall–Kier alpha value is -1.20. The number of nitrogens with zero attached hydrogens (tertiary/aromatic N) is 2. The molecule has 2 rings (SSSR count). The highest BCUT2D eigenvalue weighted by atomic mass is 32.2. The highest BCUT2D eigenvalue weighted by Crippen LogP contribution is 2.31. The summed E-state index contributed by atoms with van der Waals surface area (Å²) in [6.45, 7) is 5.87. The van der Waals surface area contributed by atoms with Gasteiger partial charge in [-0.2, -0.15) is 13.2 Å². The van der Waals surface area contributed by atoms with Crippen molar-refractivity contribution < 1.29 is 31.4 Å². The Kier molecular flexibility index (Phi) is 11.1. The molecule has 1 saturated carbocycles. The highest BCUT2D eigenvalue weighted by Gasteiger charge is 2.32.